The number of methoxy groups -OCH3 is 1. The minimum absolute atomic E-state index is 0.0493. The van der Waals surface area contributed by atoms with Crippen LogP contribution < -0.4 is 19.5 Å². The quantitative estimate of drug-likeness (QED) is 0.397. The fourth-order valence-electron chi connectivity index (χ4n) is 2.72. The minimum Gasteiger partial charge on any atom is -0.493 e. The summed E-state index contributed by atoms with van der Waals surface area (Å²) in [7, 11) is 1.47. The number of hydrogen-bond donors (Lipinski definition) is 1. The highest BCUT2D eigenvalue weighted by Gasteiger charge is 2.43. The molecule has 0 radical (unpaired) electrons. The van der Waals surface area contributed by atoms with Crippen molar-refractivity contribution in [3.63, 3.8) is 0 Å². The van der Waals surface area contributed by atoms with Crippen LogP contribution >= 0.6 is 0 Å². The Bertz CT molecular complexity index is 1030. The number of halogens is 4. The average molecular weight is 464 g/mol. The number of hydrogen-bond acceptors (Lipinski definition) is 5. The van der Waals surface area contributed by atoms with Gasteiger partial charge >= 0.3 is 12.5 Å². The van der Waals surface area contributed by atoms with Crippen LogP contribution in [0.3, 0.4) is 0 Å². The van der Waals surface area contributed by atoms with Crippen LogP contribution in [0.2, 0.25) is 0 Å². The van der Waals surface area contributed by atoms with Crippen LogP contribution in [0, 0.1) is 23.7 Å². The molecule has 0 spiro atoms. The molecule has 0 aromatic heterocycles. The molecule has 2 aromatic rings. The molecule has 0 aliphatic rings. The van der Waals surface area contributed by atoms with Gasteiger partial charge in [-0.15, -0.1) is 6.42 Å². The Morgan fingerprint density at radius 3 is 2.45 bits per heavy atom. The number of aryl methyl sites for hydroxylation is 1. The number of amides is 1. The molecule has 1 N–H and O–H groups in total. The molecular weight excluding hydrogens is 444 g/mol. The largest absolute Gasteiger partial charge is 0.493 e. The van der Waals surface area contributed by atoms with Crippen LogP contribution in [0.15, 0.2) is 42.5 Å². The van der Waals surface area contributed by atoms with Crippen molar-refractivity contribution in [3.8, 4) is 35.7 Å². The summed E-state index contributed by atoms with van der Waals surface area (Å²) in [6.45, 7) is 0.0788. The van der Waals surface area contributed by atoms with Crippen LogP contribution in [0.25, 0.3) is 0 Å². The number of carbonyl (C=O) groups is 1. The lowest BCUT2D eigenvalue weighted by molar-refractivity contribution is -0.253. The van der Waals surface area contributed by atoms with Crippen molar-refractivity contribution in [1.29, 1.82) is 5.26 Å². The van der Waals surface area contributed by atoms with Crippen molar-refractivity contribution in [2.75, 3.05) is 13.7 Å². The lowest BCUT2D eigenvalue weighted by Gasteiger charge is -2.17. The van der Waals surface area contributed by atoms with Crippen molar-refractivity contribution < 1.29 is 36.6 Å². The maximum absolute atomic E-state index is 13.0. The molecule has 174 valence electrons. The number of ether oxygens (including phenoxy) is 3. The third kappa shape index (κ3) is 7.32. The third-order valence-corrected chi connectivity index (χ3v) is 4.34. The first-order valence-corrected chi connectivity index (χ1v) is 9.57. The molecule has 0 saturated carbocycles. The van der Waals surface area contributed by atoms with E-state index in [4.69, 9.17) is 15.9 Å². The summed E-state index contributed by atoms with van der Waals surface area (Å²) in [5.74, 6) is 2.33. The number of nitrogens with zero attached hydrogens (tertiary/aromatic N) is 1. The fourth-order valence-corrected chi connectivity index (χ4v) is 2.72. The molecule has 0 bridgehead atoms. The van der Waals surface area contributed by atoms with Crippen molar-refractivity contribution >= 4 is 5.91 Å². The van der Waals surface area contributed by atoms with Gasteiger partial charge in [0, 0.05) is 6.42 Å². The molecular formula is C23H20F4N2O4. The Morgan fingerprint density at radius 2 is 1.88 bits per heavy atom. The van der Waals surface area contributed by atoms with Crippen molar-refractivity contribution in [3.05, 3.63) is 53.6 Å². The number of nitrogens with one attached hydrogen (secondary N) is 1. The number of rotatable bonds is 11. The van der Waals surface area contributed by atoms with E-state index < -0.39 is 30.2 Å². The highest BCUT2D eigenvalue weighted by molar-refractivity contribution is 5.77. The van der Waals surface area contributed by atoms with Gasteiger partial charge in [0.15, 0.2) is 11.5 Å². The van der Waals surface area contributed by atoms with Gasteiger partial charge in [-0.05, 0) is 41.8 Å². The fraction of sp³-hybridized carbons (Fsp3) is 0.304. The van der Waals surface area contributed by atoms with Gasteiger partial charge in [0.05, 0.1) is 13.2 Å². The first kappa shape index (κ1) is 25.3. The van der Waals surface area contributed by atoms with Gasteiger partial charge in [-0.3, -0.25) is 4.79 Å². The van der Waals surface area contributed by atoms with E-state index in [1.54, 1.807) is 18.2 Å². The van der Waals surface area contributed by atoms with Gasteiger partial charge in [-0.25, -0.2) is 0 Å². The van der Waals surface area contributed by atoms with Crippen LogP contribution in [0.5, 0.6) is 17.2 Å². The molecule has 2 rings (SSSR count). The predicted molar refractivity (Wildman–Crippen MR) is 110 cm³/mol. The number of alkyl halides is 4. The molecule has 1 amide bonds. The normalized spacial score (nSPS) is 11.8. The van der Waals surface area contributed by atoms with Crippen molar-refractivity contribution in [2.45, 2.75) is 31.4 Å². The van der Waals surface area contributed by atoms with E-state index in [0.29, 0.717) is 17.9 Å². The van der Waals surface area contributed by atoms with E-state index in [2.05, 4.69) is 16.0 Å². The summed E-state index contributed by atoms with van der Waals surface area (Å²) in [4.78, 5) is 12.3. The molecule has 0 aliphatic carbocycles. The van der Waals surface area contributed by atoms with E-state index in [0.717, 1.165) is 17.7 Å². The zero-order chi connectivity index (χ0) is 24.4. The Hall–Kier alpha value is -3.92. The molecule has 6 nitrogen and oxygen atoms in total. The van der Waals surface area contributed by atoms with Gasteiger partial charge in [0.25, 0.3) is 0 Å². The van der Waals surface area contributed by atoms with E-state index >= 15 is 0 Å². The van der Waals surface area contributed by atoms with Gasteiger partial charge in [-0.2, -0.15) is 22.8 Å². The van der Waals surface area contributed by atoms with E-state index in [1.807, 2.05) is 6.07 Å². The summed E-state index contributed by atoms with van der Waals surface area (Å²) in [6, 6.07) is 10.4. The standard InChI is InChI=1S/C23H20F4N2O4/c1-3-12-32-19-10-4-15(13-20(19)31-2)5-11-21(30)29-18(14-28)16-6-8-17(9-7-16)33-23(26,27)22(24)25/h1,4,6-10,13,18,22H,5,11-12H2,2H3,(H,29,30). The molecule has 0 fully saturated rings. The van der Waals surface area contributed by atoms with Crippen LogP contribution in [-0.4, -0.2) is 32.2 Å². The highest BCUT2D eigenvalue weighted by Crippen LogP contribution is 2.29. The number of terminal acetylenes is 1. The zero-order valence-corrected chi connectivity index (χ0v) is 17.5. The summed E-state index contributed by atoms with van der Waals surface area (Å²) in [6.07, 6.45) is -3.08. The molecule has 1 atom stereocenters. The van der Waals surface area contributed by atoms with Crippen molar-refractivity contribution in [1.82, 2.24) is 5.32 Å². The molecule has 33 heavy (non-hydrogen) atoms. The predicted octanol–water partition coefficient (Wildman–Crippen LogP) is 4.26. The van der Waals surface area contributed by atoms with E-state index in [1.165, 1.54) is 19.2 Å². The zero-order valence-electron chi connectivity index (χ0n) is 17.5. The van der Waals surface area contributed by atoms with Gasteiger partial charge in [0.2, 0.25) is 5.91 Å². The van der Waals surface area contributed by atoms with E-state index in [9.17, 15) is 27.6 Å². The number of carbonyl (C=O) groups excluding carboxylic acids is 1. The summed E-state index contributed by atoms with van der Waals surface area (Å²) in [5, 5.41) is 11.9. The van der Waals surface area contributed by atoms with Crippen LogP contribution in [0.1, 0.15) is 23.6 Å². The summed E-state index contributed by atoms with van der Waals surface area (Å²) < 4.78 is 65.0. The Balaban J connectivity index is 1.96. The highest BCUT2D eigenvalue weighted by atomic mass is 19.3. The number of benzene rings is 2. The maximum Gasteiger partial charge on any atom is 0.461 e. The maximum atomic E-state index is 13.0. The molecule has 10 heteroatoms. The summed E-state index contributed by atoms with van der Waals surface area (Å²) >= 11 is 0. The number of nitriles is 1. The molecule has 1 unspecified atom stereocenters. The lowest BCUT2D eigenvalue weighted by Crippen LogP contribution is -2.33. The Morgan fingerprint density at radius 1 is 1.18 bits per heavy atom. The second kappa shape index (κ2) is 11.6. The van der Waals surface area contributed by atoms with Crippen molar-refractivity contribution in [2.24, 2.45) is 0 Å². The van der Waals surface area contributed by atoms with Gasteiger partial charge in [0.1, 0.15) is 18.4 Å². The molecule has 2 aromatic carbocycles. The average Bonchev–Trinajstić information content (AvgIpc) is 2.80. The van der Waals surface area contributed by atoms with E-state index in [-0.39, 0.29) is 18.6 Å². The first-order valence-electron chi connectivity index (χ1n) is 9.57. The monoisotopic (exact) mass is 464 g/mol. The second-order valence-electron chi connectivity index (χ2n) is 6.64. The Kier molecular flexibility index (Phi) is 8.93. The van der Waals surface area contributed by atoms with Gasteiger partial charge in [-0.1, -0.05) is 24.1 Å². The minimum atomic E-state index is -4.64. The Labute approximate surface area is 188 Å². The van der Waals surface area contributed by atoms with Crippen LogP contribution in [0.4, 0.5) is 17.6 Å². The first-order chi connectivity index (χ1) is 15.7. The molecule has 0 saturated heterocycles. The summed E-state index contributed by atoms with van der Waals surface area (Å²) in [5.41, 5.74) is 1.06. The SMILES string of the molecule is C#CCOc1ccc(CCC(=O)NC(C#N)c2ccc(OC(F)(F)C(F)F)cc2)cc1OC. The third-order valence-electron chi connectivity index (χ3n) is 4.34. The molecule has 0 heterocycles. The second-order valence-corrected chi connectivity index (χ2v) is 6.64. The van der Waals surface area contributed by atoms with Gasteiger partial charge < -0.3 is 19.5 Å². The lowest BCUT2D eigenvalue weighted by atomic mass is 10.1. The molecule has 0 aliphatic heterocycles. The van der Waals surface area contributed by atoms with Crippen LogP contribution in [-0.2, 0) is 11.2 Å². The topological polar surface area (TPSA) is 80.6 Å². The smallest absolute Gasteiger partial charge is 0.461 e.